The second-order valence-corrected chi connectivity index (χ2v) is 7.83. The zero-order chi connectivity index (χ0) is 15.3. The molecule has 7 heteroatoms. The molecule has 0 saturated carbocycles. The summed E-state index contributed by atoms with van der Waals surface area (Å²) in [4.78, 5) is 2.50. The maximum absolute atomic E-state index is 11.5. The maximum atomic E-state index is 11.5. The molecule has 116 valence electrons. The Hall–Kier alpha value is -1.18. The van der Waals surface area contributed by atoms with E-state index < -0.39 is 9.84 Å². The van der Waals surface area contributed by atoms with Crippen molar-refractivity contribution in [3.63, 3.8) is 0 Å². The first kappa shape index (κ1) is 16.2. The molecule has 1 heterocycles. The second kappa shape index (κ2) is 7.20. The van der Waals surface area contributed by atoms with Gasteiger partial charge in [0, 0.05) is 18.7 Å². The summed E-state index contributed by atoms with van der Waals surface area (Å²) in [5.74, 6) is 1.30. The van der Waals surface area contributed by atoms with E-state index in [9.17, 15) is 8.42 Å². The standard InChI is InChI=1S/C14H20N2O3S2/c15-14(20)12-2-4-13(5-3-12)19-9-7-16-6-1-10-21(17,18)11-8-16/h2-5H,1,6-11H2,(H2,15,20). The Morgan fingerprint density at radius 2 is 1.95 bits per heavy atom. The van der Waals surface area contributed by atoms with E-state index in [1.54, 1.807) is 0 Å². The molecular formula is C14H20N2O3S2. The number of sulfone groups is 1. The zero-order valence-electron chi connectivity index (χ0n) is 11.8. The molecule has 2 rings (SSSR count). The van der Waals surface area contributed by atoms with Gasteiger partial charge < -0.3 is 10.5 Å². The Bertz CT molecular complexity index is 585. The molecule has 0 amide bonds. The van der Waals surface area contributed by atoms with Gasteiger partial charge in [-0.05, 0) is 37.2 Å². The Labute approximate surface area is 131 Å². The number of nitrogens with zero attached hydrogens (tertiary/aromatic N) is 1. The van der Waals surface area contributed by atoms with Crippen molar-refractivity contribution in [1.82, 2.24) is 4.90 Å². The molecule has 1 aliphatic heterocycles. The molecule has 1 saturated heterocycles. The van der Waals surface area contributed by atoms with Gasteiger partial charge in [0.1, 0.15) is 17.3 Å². The van der Waals surface area contributed by atoms with E-state index in [0.717, 1.165) is 24.4 Å². The molecule has 5 nitrogen and oxygen atoms in total. The topological polar surface area (TPSA) is 72.6 Å². The summed E-state index contributed by atoms with van der Waals surface area (Å²) in [6.45, 7) is 2.66. The van der Waals surface area contributed by atoms with Gasteiger partial charge in [-0.15, -0.1) is 0 Å². The highest BCUT2D eigenvalue weighted by atomic mass is 32.2. The molecule has 0 unspecified atom stereocenters. The van der Waals surface area contributed by atoms with Crippen LogP contribution in [0.25, 0.3) is 0 Å². The van der Waals surface area contributed by atoms with Crippen LogP contribution in [0.3, 0.4) is 0 Å². The van der Waals surface area contributed by atoms with Gasteiger partial charge >= 0.3 is 0 Å². The van der Waals surface area contributed by atoms with Gasteiger partial charge in [-0.1, -0.05) is 12.2 Å². The highest BCUT2D eigenvalue weighted by Gasteiger charge is 2.18. The van der Waals surface area contributed by atoms with E-state index in [2.05, 4.69) is 4.90 Å². The quantitative estimate of drug-likeness (QED) is 0.807. The smallest absolute Gasteiger partial charge is 0.151 e. The third-order valence-electron chi connectivity index (χ3n) is 3.46. The van der Waals surface area contributed by atoms with E-state index in [4.69, 9.17) is 22.7 Å². The van der Waals surface area contributed by atoms with Crippen LogP contribution in [-0.4, -0.2) is 56.1 Å². The average molecular weight is 328 g/mol. The Morgan fingerprint density at radius 1 is 1.24 bits per heavy atom. The van der Waals surface area contributed by atoms with Gasteiger partial charge in [0.05, 0.1) is 11.5 Å². The van der Waals surface area contributed by atoms with Gasteiger partial charge in [-0.25, -0.2) is 8.42 Å². The zero-order valence-corrected chi connectivity index (χ0v) is 13.5. The number of hydrogen-bond acceptors (Lipinski definition) is 5. The third kappa shape index (κ3) is 5.26. The normalized spacial score (nSPS) is 18.9. The van der Waals surface area contributed by atoms with E-state index in [1.807, 2.05) is 24.3 Å². The van der Waals surface area contributed by atoms with Gasteiger partial charge in [0.2, 0.25) is 0 Å². The number of ether oxygens (including phenoxy) is 1. The molecule has 1 fully saturated rings. The molecule has 0 radical (unpaired) electrons. The summed E-state index contributed by atoms with van der Waals surface area (Å²) in [7, 11) is -2.85. The van der Waals surface area contributed by atoms with Crippen LogP contribution < -0.4 is 10.5 Å². The van der Waals surface area contributed by atoms with Crippen molar-refractivity contribution in [2.24, 2.45) is 5.73 Å². The highest BCUT2D eigenvalue weighted by molar-refractivity contribution is 7.91. The molecule has 0 bridgehead atoms. The first-order chi connectivity index (χ1) is 9.96. The predicted octanol–water partition coefficient (Wildman–Crippen LogP) is 0.820. The van der Waals surface area contributed by atoms with Crippen LogP contribution in [0.1, 0.15) is 12.0 Å². The lowest BCUT2D eigenvalue weighted by atomic mass is 10.2. The summed E-state index contributed by atoms with van der Waals surface area (Å²) < 4.78 is 28.7. The van der Waals surface area contributed by atoms with Gasteiger partial charge in [-0.2, -0.15) is 0 Å². The Kier molecular flexibility index (Phi) is 5.55. The lowest BCUT2D eigenvalue weighted by molar-refractivity contribution is 0.219. The minimum absolute atomic E-state index is 0.246. The molecule has 0 spiro atoms. The van der Waals surface area contributed by atoms with Gasteiger partial charge in [0.25, 0.3) is 0 Å². The fourth-order valence-corrected chi connectivity index (χ4v) is 3.67. The van der Waals surface area contributed by atoms with E-state index in [1.165, 1.54) is 0 Å². The van der Waals surface area contributed by atoms with Crippen molar-refractivity contribution in [1.29, 1.82) is 0 Å². The first-order valence-corrected chi connectivity index (χ1v) is 9.15. The van der Waals surface area contributed by atoms with Crippen molar-refractivity contribution in [2.75, 3.05) is 37.7 Å². The average Bonchev–Trinajstić information content (AvgIpc) is 2.61. The summed E-state index contributed by atoms with van der Waals surface area (Å²) in [6.07, 6.45) is 0.699. The lowest BCUT2D eigenvalue weighted by Crippen LogP contribution is -2.31. The first-order valence-electron chi connectivity index (χ1n) is 6.92. The molecular weight excluding hydrogens is 308 g/mol. The molecule has 1 aliphatic rings. The minimum atomic E-state index is -2.85. The molecule has 1 aromatic carbocycles. The summed E-state index contributed by atoms with van der Waals surface area (Å²) >= 11 is 4.89. The van der Waals surface area contributed by atoms with E-state index in [0.29, 0.717) is 30.3 Å². The number of benzene rings is 1. The van der Waals surface area contributed by atoms with Crippen molar-refractivity contribution in [3.05, 3.63) is 29.8 Å². The maximum Gasteiger partial charge on any atom is 0.151 e. The third-order valence-corrected chi connectivity index (χ3v) is 5.41. The predicted molar refractivity (Wildman–Crippen MR) is 87.5 cm³/mol. The molecule has 0 aliphatic carbocycles. The van der Waals surface area contributed by atoms with E-state index >= 15 is 0 Å². The SMILES string of the molecule is NC(=S)c1ccc(OCCN2CCCS(=O)(=O)CC2)cc1. The number of nitrogens with two attached hydrogens (primary N) is 1. The van der Waals surface area contributed by atoms with Crippen molar-refractivity contribution < 1.29 is 13.2 Å². The van der Waals surface area contributed by atoms with Crippen LogP contribution in [0.4, 0.5) is 0 Å². The fraction of sp³-hybridized carbons (Fsp3) is 0.500. The molecule has 2 N–H and O–H groups in total. The largest absolute Gasteiger partial charge is 0.492 e. The van der Waals surface area contributed by atoms with Crippen molar-refractivity contribution in [3.8, 4) is 5.75 Å². The minimum Gasteiger partial charge on any atom is -0.492 e. The number of thiocarbonyl (C=S) groups is 1. The Morgan fingerprint density at radius 3 is 2.62 bits per heavy atom. The van der Waals surface area contributed by atoms with Crippen LogP contribution in [0, 0.1) is 0 Å². The van der Waals surface area contributed by atoms with Crippen LogP contribution in [-0.2, 0) is 9.84 Å². The van der Waals surface area contributed by atoms with Gasteiger partial charge in [-0.3, -0.25) is 4.90 Å². The fourth-order valence-electron chi connectivity index (χ4n) is 2.22. The van der Waals surface area contributed by atoms with Crippen molar-refractivity contribution >= 4 is 27.0 Å². The molecule has 0 atom stereocenters. The summed E-state index contributed by atoms with van der Waals surface area (Å²) in [6, 6.07) is 7.33. The molecule has 1 aromatic rings. The monoisotopic (exact) mass is 328 g/mol. The van der Waals surface area contributed by atoms with Crippen LogP contribution >= 0.6 is 12.2 Å². The van der Waals surface area contributed by atoms with Gasteiger partial charge in [0.15, 0.2) is 9.84 Å². The summed E-state index contributed by atoms with van der Waals surface area (Å²) in [5.41, 5.74) is 6.35. The Balaban J connectivity index is 1.77. The van der Waals surface area contributed by atoms with E-state index in [-0.39, 0.29) is 5.75 Å². The second-order valence-electron chi connectivity index (χ2n) is 5.08. The van der Waals surface area contributed by atoms with Crippen LogP contribution in [0.5, 0.6) is 5.75 Å². The lowest BCUT2D eigenvalue weighted by Gasteiger charge is -2.19. The molecule has 0 aromatic heterocycles. The van der Waals surface area contributed by atoms with Crippen molar-refractivity contribution in [2.45, 2.75) is 6.42 Å². The summed E-state index contributed by atoms with van der Waals surface area (Å²) in [5, 5.41) is 0. The highest BCUT2D eigenvalue weighted by Crippen LogP contribution is 2.12. The molecule has 21 heavy (non-hydrogen) atoms. The number of rotatable bonds is 5. The van der Waals surface area contributed by atoms with Crippen LogP contribution in [0.15, 0.2) is 24.3 Å². The number of hydrogen-bond donors (Lipinski definition) is 1. The van der Waals surface area contributed by atoms with Crippen LogP contribution in [0.2, 0.25) is 0 Å².